The van der Waals surface area contributed by atoms with Crippen LogP contribution in [0.2, 0.25) is 0 Å². The lowest BCUT2D eigenvalue weighted by atomic mass is 10.1. The SMILES string of the molecule is CC(C)[C@@H](NC(=O)NCC(=O)N1CCCC1)C(=O)O. The molecule has 1 saturated heterocycles. The number of amides is 3. The summed E-state index contributed by atoms with van der Waals surface area (Å²) in [7, 11) is 0. The van der Waals surface area contributed by atoms with Gasteiger partial charge in [-0.2, -0.15) is 0 Å². The van der Waals surface area contributed by atoms with Crippen LogP contribution in [0.4, 0.5) is 4.79 Å². The van der Waals surface area contributed by atoms with Gasteiger partial charge in [0.25, 0.3) is 0 Å². The van der Waals surface area contributed by atoms with Gasteiger partial charge in [-0.15, -0.1) is 0 Å². The zero-order valence-electron chi connectivity index (χ0n) is 11.3. The summed E-state index contributed by atoms with van der Waals surface area (Å²) in [6, 6.07) is -1.59. The van der Waals surface area contributed by atoms with Gasteiger partial charge < -0.3 is 20.6 Å². The highest BCUT2D eigenvalue weighted by atomic mass is 16.4. The van der Waals surface area contributed by atoms with Crippen molar-refractivity contribution in [2.24, 2.45) is 5.92 Å². The van der Waals surface area contributed by atoms with Crippen LogP contribution in [0.3, 0.4) is 0 Å². The number of carboxylic acids is 1. The quantitative estimate of drug-likeness (QED) is 0.656. The van der Waals surface area contributed by atoms with E-state index in [1.54, 1.807) is 18.7 Å². The predicted octanol–water partition coefficient (Wildman–Crippen LogP) is 0.0172. The molecule has 3 N–H and O–H groups in total. The molecule has 0 aromatic rings. The number of hydrogen-bond acceptors (Lipinski definition) is 3. The van der Waals surface area contributed by atoms with Crippen molar-refractivity contribution < 1.29 is 19.5 Å². The van der Waals surface area contributed by atoms with Crippen LogP contribution in [0, 0.1) is 5.92 Å². The maximum Gasteiger partial charge on any atom is 0.326 e. The number of likely N-dealkylation sites (tertiary alicyclic amines) is 1. The number of carbonyl (C=O) groups is 3. The van der Waals surface area contributed by atoms with Crippen molar-refractivity contribution in [1.29, 1.82) is 0 Å². The standard InChI is InChI=1S/C12H21N3O4/c1-8(2)10(11(17)18)14-12(19)13-7-9(16)15-5-3-4-6-15/h8,10H,3-7H2,1-2H3,(H,17,18)(H2,13,14,19)/t10-/m1/s1. The molecule has 1 heterocycles. The Labute approximate surface area is 112 Å². The molecular weight excluding hydrogens is 250 g/mol. The number of urea groups is 1. The molecule has 0 bridgehead atoms. The van der Waals surface area contributed by atoms with Crippen LogP contribution >= 0.6 is 0 Å². The molecule has 19 heavy (non-hydrogen) atoms. The fraction of sp³-hybridized carbons (Fsp3) is 0.750. The van der Waals surface area contributed by atoms with Crippen LogP contribution in [0.1, 0.15) is 26.7 Å². The minimum absolute atomic E-state index is 0.101. The number of carbonyl (C=O) groups excluding carboxylic acids is 2. The fourth-order valence-electron chi connectivity index (χ4n) is 1.94. The number of rotatable bonds is 5. The first kappa shape index (κ1) is 15.3. The van der Waals surface area contributed by atoms with E-state index in [0.29, 0.717) is 0 Å². The van der Waals surface area contributed by atoms with Crippen molar-refractivity contribution in [3.8, 4) is 0 Å². The van der Waals surface area contributed by atoms with E-state index in [2.05, 4.69) is 10.6 Å². The van der Waals surface area contributed by atoms with E-state index in [0.717, 1.165) is 25.9 Å². The molecule has 7 nitrogen and oxygen atoms in total. The number of hydrogen-bond donors (Lipinski definition) is 3. The normalized spacial score (nSPS) is 16.3. The summed E-state index contributed by atoms with van der Waals surface area (Å²) in [5.41, 5.74) is 0. The first-order chi connectivity index (χ1) is 8.91. The Hall–Kier alpha value is -1.79. The molecule has 108 valence electrons. The minimum atomic E-state index is -1.09. The molecule has 0 aromatic heterocycles. The predicted molar refractivity (Wildman–Crippen MR) is 68.6 cm³/mol. The van der Waals surface area contributed by atoms with E-state index in [1.807, 2.05) is 0 Å². The summed E-state index contributed by atoms with van der Waals surface area (Å²) in [5.74, 6) is -1.45. The fourth-order valence-corrected chi connectivity index (χ4v) is 1.94. The third-order valence-electron chi connectivity index (χ3n) is 3.08. The third-order valence-corrected chi connectivity index (χ3v) is 3.08. The first-order valence-corrected chi connectivity index (χ1v) is 6.46. The number of carboxylic acid groups (broad SMARTS) is 1. The Kier molecular flexibility index (Phi) is 5.59. The van der Waals surface area contributed by atoms with Gasteiger partial charge in [-0.3, -0.25) is 4.79 Å². The van der Waals surface area contributed by atoms with Gasteiger partial charge in [0.2, 0.25) is 5.91 Å². The zero-order chi connectivity index (χ0) is 14.4. The van der Waals surface area contributed by atoms with Gasteiger partial charge in [0.05, 0.1) is 6.54 Å². The van der Waals surface area contributed by atoms with E-state index in [9.17, 15) is 14.4 Å². The molecule has 1 aliphatic rings. The second-order valence-corrected chi connectivity index (χ2v) is 4.97. The minimum Gasteiger partial charge on any atom is -0.480 e. The van der Waals surface area contributed by atoms with Crippen molar-refractivity contribution in [1.82, 2.24) is 15.5 Å². The molecule has 7 heteroatoms. The Morgan fingerprint density at radius 3 is 2.26 bits per heavy atom. The van der Waals surface area contributed by atoms with E-state index >= 15 is 0 Å². The highest BCUT2D eigenvalue weighted by Gasteiger charge is 2.24. The van der Waals surface area contributed by atoms with Crippen molar-refractivity contribution in [3.05, 3.63) is 0 Å². The van der Waals surface area contributed by atoms with Crippen LogP contribution in [0.5, 0.6) is 0 Å². The lowest BCUT2D eigenvalue weighted by Gasteiger charge is -2.19. The van der Waals surface area contributed by atoms with E-state index in [-0.39, 0.29) is 18.4 Å². The van der Waals surface area contributed by atoms with E-state index < -0.39 is 18.0 Å². The molecule has 0 aromatic carbocycles. The summed E-state index contributed by atoms with van der Waals surface area (Å²) in [6.45, 7) is 4.76. The maximum atomic E-state index is 11.7. The smallest absolute Gasteiger partial charge is 0.326 e. The van der Waals surface area contributed by atoms with Crippen molar-refractivity contribution >= 4 is 17.9 Å². The summed E-state index contributed by atoms with van der Waals surface area (Å²) in [4.78, 5) is 35.8. The van der Waals surface area contributed by atoms with E-state index in [4.69, 9.17) is 5.11 Å². The topological polar surface area (TPSA) is 98.7 Å². The zero-order valence-corrected chi connectivity index (χ0v) is 11.3. The lowest BCUT2D eigenvalue weighted by Crippen LogP contribution is -2.50. The molecule has 0 unspecified atom stereocenters. The van der Waals surface area contributed by atoms with Gasteiger partial charge in [0.1, 0.15) is 6.04 Å². The average molecular weight is 271 g/mol. The summed E-state index contributed by atoms with van der Waals surface area (Å²) in [6.07, 6.45) is 1.98. The molecule has 1 fully saturated rings. The molecule has 1 aliphatic heterocycles. The Morgan fingerprint density at radius 1 is 1.21 bits per heavy atom. The summed E-state index contributed by atoms with van der Waals surface area (Å²) in [5, 5.41) is 13.7. The van der Waals surface area contributed by atoms with Gasteiger partial charge in [-0.05, 0) is 18.8 Å². The van der Waals surface area contributed by atoms with Crippen LogP contribution in [-0.4, -0.2) is 53.6 Å². The molecule has 0 spiro atoms. The monoisotopic (exact) mass is 271 g/mol. The average Bonchev–Trinajstić information content (AvgIpc) is 2.85. The number of nitrogens with one attached hydrogen (secondary N) is 2. The van der Waals surface area contributed by atoms with Gasteiger partial charge in [0.15, 0.2) is 0 Å². The number of aliphatic carboxylic acids is 1. The van der Waals surface area contributed by atoms with Crippen LogP contribution < -0.4 is 10.6 Å². The maximum absolute atomic E-state index is 11.7. The van der Waals surface area contributed by atoms with Crippen molar-refractivity contribution in [2.45, 2.75) is 32.7 Å². The van der Waals surface area contributed by atoms with E-state index in [1.165, 1.54) is 0 Å². The molecule has 0 aliphatic carbocycles. The highest BCUT2D eigenvalue weighted by Crippen LogP contribution is 2.06. The van der Waals surface area contributed by atoms with Gasteiger partial charge in [0, 0.05) is 13.1 Å². The molecule has 1 rings (SSSR count). The largest absolute Gasteiger partial charge is 0.480 e. The highest BCUT2D eigenvalue weighted by molar-refractivity contribution is 5.86. The second-order valence-electron chi connectivity index (χ2n) is 4.97. The molecular formula is C12H21N3O4. The van der Waals surface area contributed by atoms with Gasteiger partial charge in [-0.1, -0.05) is 13.8 Å². The van der Waals surface area contributed by atoms with Crippen LogP contribution in [0.25, 0.3) is 0 Å². The van der Waals surface area contributed by atoms with Gasteiger partial charge >= 0.3 is 12.0 Å². The molecule has 3 amide bonds. The molecule has 0 saturated carbocycles. The Morgan fingerprint density at radius 2 is 1.79 bits per heavy atom. The van der Waals surface area contributed by atoms with Crippen molar-refractivity contribution in [2.75, 3.05) is 19.6 Å². The molecule has 0 radical (unpaired) electrons. The second kappa shape index (κ2) is 6.96. The first-order valence-electron chi connectivity index (χ1n) is 6.46. The lowest BCUT2D eigenvalue weighted by molar-refractivity contribution is -0.140. The van der Waals surface area contributed by atoms with Gasteiger partial charge in [-0.25, -0.2) is 9.59 Å². The van der Waals surface area contributed by atoms with Crippen molar-refractivity contribution in [3.63, 3.8) is 0 Å². The molecule has 1 atom stereocenters. The summed E-state index contributed by atoms with van der Waals surface area (Å²) >= 11 is 0. The number of nitrogens with zero attached hydrogens (tertiary/aromatic N) is 1. The Balaban J connectivity index is 2.34. The van der Waals surface area contributed by atoms with Crippen LogP contribution in [-0.2, 0) is 9.59 Å². The third kappa shape index (κ3) is 4.76. The summed E-state index contributed by atoms with van der Waals surface area (Å²) < 4.78 is 0. The van der Waals surface area contributed by atoms with Crippen LogP contribution in [0.15, 0.2) is 0 Å². The Bertz CT molecular complexity index is 351.